The number of benzene rings is 4. The van der Waals surface area contributed by atoms with E-state index >= 15 is 0 Å². The fraction of sp³-hybridized carbons (Fsp3) is 0.138. The maximum absolute atomic E-state index is 10.9. The van der Waals surface area contributed by atoms with Crippen molar-refractivity contribution in [2.45, 2.75) is 20.0 Å². The van der Waals surface area contributed by atoms with Crippen LogP contribution in [-0.2, 0) is 13.1 Å². The molecule has 0 bridgehead atoms. The van der Waals surface area contributed by atoms with Crippen LogP contribution >= 0.6 is 0 Å². The van der Waals surface area contributed by atoms with Crippen LogP contribution in [0.1, 0.15) is 27.0 Å². The van der Waals surface area contributed by atoms with Gasteiger partial charge < -0.3 is 0 Å². The standard InChI is InChI=1S/C15H17N.C14H12O/c1-16(12-14-8-4-2-5-9-14)13-15-10-6-3-7-11-15;1-11-6-8-12(9-7-11)14-5-3-2-4-13(14)10-15/h2-11H,12-13H2,1H3;2-10H,1H3. The van der Waals surface area contributed by atoms with Gasteiger partial charge in [0.15, 0.2) is 6.29 Å². The van der Waals surface area contributed by atoms with Crippen molar-refractivity contribution in [1.82, 2.24) is 4.90 Å². The first-order valence-corrected chi connectivity index (χ1v) is 10.5. The summed E-state index contributed by atoms with van der Waals surface area (Å²) in [5, 5.41) is 0. The van der Waals surface area contributed by atoms with Crippen LogP contribution < -0.4 is 0 Å². The van der Waals surface area contributed by atoms with E-state index in [-0.39, 0.29) is 0 Å². The van der Waals surface area contributed by atoms with Crippen molar-refractivity contribution in [2.75, 3.05) is 7.05 Å². The van der Waals surface area contributed by atoms with Crippen LogP contribution in [0.25, 0.3) is 11.1 Å². The van der Waals surface area contributed by atoms with E-state index < -0.39 is 0 Å². The number of aldehydes is 1. The molecule has 0 atom stereocenters. The van der Waals surface area contributed by atoms with Gasteiger partial charge in [0.1, 0.15) is 0 Å². The molecule has 4 aromatic rings. The highest BCUT2D eigenvalue weighted by Crippen LogP contribution is 2.22. The third-order valence-corrected chi connectivity index (χ3v) is 5.04. The Morgan fingerprint density at radius 2 is 1.13 bits per heavy atom. The van der Waals surface area contributed by atoms with Crippen LogP contribution in [0, 0.1) is 6.92 Å². The van der Waals surface area contributed by atoms with Crippen molar-refractivity contribution in [3.8, 4) is 11.1 Å². The van der Waals surface area contributed by atoms with Gasteiger partial charge in [0.05, 0.1) is 0 Å². The van der Waals surface area contributed by atoms with Crippen molar-refractivity contribution < 1.29 is 4.79 Å². The smallest absolute Gasteiger partial charge is 0.150 e. The van der Waals surface area contributed by atoms with Crippen LogP contribution in [0.4, 0.5) is 0 Å². The average Bonchev–Trinajstić information content (AvgIpc) is 2.81. The predicted molar refractivity (Wildman–Crippen MR) is 130 cm³/mol. The quantitative estimate of drug-likeness (QED) is 0.328. The number of rotatable bonds is 6. The second-order valence-corrected chi connectivity index (χ2v) is 7.71. The second kappa shape index (κ2) is 11.6. The lowest BCUT2D eigenvalue weighted by Gasteiger charge is -2.16. The number of nitrogens with zero attached hydrogens (tertiary/aromatic N) is 1. The monoisotopic (exact) mass is 407 g/mol. The molecule has 0 amide bonds. The molecule has 31 heavy (non-hydrogen) atoms. The van der Waals surface area contributed by atoms with E-state index in [4.69, 9.17) is 0 Å². The summed E-state index contributed by atoms with van der Waals surface area (Å²) in [7, 11) is 2.15. The Balaban J connectivity index is 0.000000176. The molecule has 0 aromatic heterocycles. The summed E-state index contributed by atoms with van der Waals surface area (Å²) >= 11 is 0. The number of hydrogen-bond donors (Lipinski definition) is 0. The van der Waals surface area contributed by atoms with E-state index in [2.05, 4.69) is 91.7 Å². The van der Waals surface area contributed by atoms with Crippen LogP contribution in [0.5, 0.6) is 0 Å². The van der Waals surface area contributed by atoms with Gasteiger partial charge in [-0.1, -0.05) is 115 Å². The molecular weight excluding hydrogens is 378 g/mol. The predicted octanol–water partition coefficient (Wildman–Crippen LogP) is 6.79. The van der Waals surface area contributed by atoms with Gasteiger partial charge in [-0.05, 0) is 36.2 Å². The summed E-state index contributed by atoms with van der Waals surface area (Å²) in [5.41, 5.74) is 6.77. The molecule has 0 radical (unpaired) electrons. The van der Waals surface area contributed by atoms with Crippen LogP contribution in [0.15, 0.2) is 109 Å². The lowest BCUT2D eigenvalue weighted by molar-refractivity contribution is 0.112. The molecular formula is C29H29NO. The number of hydrogen-bond acceptors (Lipinski definition) is 2. The third kappa shape index (κ3) is 7.06. The molecule has 0 aliphatic carbocycles. The molecule has 0 saturated carbocycles. The van der Waals surface area contributed by atoms with Crippen molar-refractivity contribution >= 4 is 6.29 Å². The molecule has 0 aliphatic heterocycles. The minimum atomic E-state index is 0.737. The zero-order chi connectivity index (χ0) is 21.9. The molecule has 0 spiro atoms. The van der Waals surface area contributed by atoms with Crippen molar-refractivity contribution in [3.63, 3.8) is 0 Å². The molecule has 0 unspecified atom stereocenters. The third-order valence-electron chi connectivity index (χ3n) is 5.04. The first-order chi connectivity index (χ1) is 15.2. The van der Waals surface area contributed by atoms with E-state index in [9.17, 15) is 4.79 Å². The van der Waals surface area contributed by atoms with Crippen LogP contribution in [0.2, 0.25) is 0 Å². The molecule has 0 N–H and O–H groups in total. The number of carbonyl (C=O) groups excluding carboxylic acids is 1. The fourth-order valence-electron chi connectivity index (χ4n) is 3.44. The first-order valence-electron chi connectivity index (χ1n) is 10.5. The van der Waals surface area contributed by atoms with E-state index in [1.807, 2.05) is 36.4 Å². The molecule has 4 aromatic carbocycles. The van der Waals surface area contributed by atoms with E-state index in [0.717, 1.165) is 36.1 Å². The lowest BCUT2D eigenvalue weighted by Crippen LogP contribution is -2.16. The van der Waals surface area contributed by atoms with Gasteiger partial charge >= 0.3 is 0 Å². The minimum absolute atomic E-state index is 0.737. The van der Waals surface area contributed by atoms with Gasteiger partial charge in [-0.3, -0.25) is 9.69 Å². The second-order valence-electron chi connectivity index (χ2n) is 7.71. The maximum Gasteiger partial charge on any atom is 0.150 e. The Labute approximate surface area is 185 Å². The van der Waals surface area contributed by atoms with Gasteiger partial charge in [0.2, 0.25) is 0 Å². The molecule has 0 heterocycles. The summed E-state index contributed by atoms with van der Waals surface area (Å²) in [4.78, 5) is 13.2. The highest BCUT2D eigenvalue weighted by atomic mass is 16.1. The number of carbonyl (C=O) groups is 1. The summed E-state index contributed by atoms with van der Waals surface area (Å²) in [5.74, 6) is 0. The van der Waals surface area contributed by atoms with Crippen LogP contribution in [-0.4, -0.2) is 18.2 Å². The highest BCUT2D eigenvalue weighted by Gasteiger charge is 2.02. The minimum Gasteiger partial charge on any atom is -0.298 e. The summed E-state index contributed by atoms with van der Waals surface area (Å²) < 4.78 is 0. The first kappa shape index (κ1) is 22.2. The molecule has 0 fully saturated rings. The molecule has 2 heteroatoms. The molecule has 4 rings (SSSR count). The zero-order valence-electron chi connectivity index (χ0n) is 18.2. The largest absolute Gasteiger partial charge is 0.298 e. The Morgan fingerprint density at radius 1 is 0.645 bits per heavy atom. The summed E-state index contributed by atoms with van der Waals surface area (Å²) in [6.45, 7) is 4.04. The molecule has 2 nitrogen and oxygen atoms in total. The van der Waals surface area contributed by atoms with Crippen LogP contribution in [0.3, 0.4) is 0 Å². The van der Waals surface area contributed by atoms with Crippen molar-refractivity contribution in [1.29, 1.82) is 0 Å². The van der Waals surface area contributed by atoms with E-state index in [0.29, 0.717) is 0 Å². The SMILES string of the molecule is CN(Cc1ccccc1)Cc1ccccc1.Cc1ccc(-c2ccccc2C=O)cc1. The Bertz CT molecular complexity index is 1020. The molecule has 0 saturated heterocycles. The average molecular weight is 408 g/mol. The fourth-order valence-corrected chi connectivity index (χ4v) is 3.44. The Hall–Kier alpha value is -3.49. The van der Waals surface area contributed by atoms with Gasteiger partial charge in [-0.2, -0.15) is 0 Å². The summed E-state index contributed by atoms with van der Waals surface area (Å²) in [6, 6.07) is 36.9. The Morgan fingerprint density at radius 3 is 1.65 bits per heavy atom. The number of aryl methyl sites for hydroxylation is 1. The highest BCUT2D eigenvalue weighted by molar-refractivity contribution is 5.87. The molecule has 156 valence electrons. The maximum atomic E-state index is 10.9. The Kier molecular flexibility index (Phi) is 8.33. The lowest BCUT2D eigenvalue weighted by atomic mass is 10.00. The van der Waals surface area contributed by atoms with Crippen molar-refractivity contribution in [2.24, 2.45) is 0 Å². The topological polar surface area (TPSA) is 20.3 Å². The van der Waals surface area contributed by atoms with E-state index in [1.54, 1.807) is 0 Å². The summed E-state index contributed by atoms with van der Waals surface area (Å²) in [6.07, 6.45) is 0.898. The zero-order valence-corrected chi connectivity index (χ0v) is 18.2. The van der Waals surface area contributed by atoms with Gasteiger partial charge in [-0.25, -0.2) is 0 Å². The van der Waals surface area contributed by atoms with Gasteiger partial charge in [-0.15, -0.1) is 0 Å². The molecule has 0 aliphatic rings. The van der Waals surface area contributed by atoms with E-state index in [1.165, 1.54) is 16.7 Å². The van der Waals surface area contributed by atoms with Gasteiger partial charge in [0.25, 0.3) is 0 Å². The van der Waals surface area contributed by atoms with Gasteiger partial charge in [0, 0.05) is 18.7 Å². The van der Waals surface area contributed by atoms with Crippen molar-refractivity contribution in [3.05, 3.63) is 131 Å². The normalized spacial score (nSPS) is 10.3.